The summed E-state index contributed by atoms with van der Waals surface area (Å²) in [6, 6.07) is 0. The van der Waals surface area contributed by atoms with Crippen molar-refractivity contribution in [2.45, 2.75) is 6.92 Å². The second-order valence-electron chi connectivity index (χ2n) is 2.53. The van der Waals surface area contributed by atoms with Crippen LogP contribution in [0.15, 0.2) is 0 Å². The Morgan fingerprint density at radius 3 is 3.13 bits per heavy atom. The predicted molar refractivity (Wildman–Crippen MR) is 46.7 cm³/mol. The summed E-state index contributed by atoms with van der Waals surface area (Å²) >= 11 is 0. The number of carbonyl (C=O) groups excluding carboxylic acids is 1. The zero-order valence-corrected chi connectivity index (χ0v) is 7.78. The Morgan fingerprint density at radius 1 is 1.60 bits per heavy atom. The Hall–Kier alpha value is -2.32. The molecule has 0 saturated heterocycles. The Bertz CT molecular complexity index is 507. The zero-order chi connectivity index (χ0) is 10.8. The molecular weight excluding hydrogens is 203 g/mol. The van der Waals surface area contributed by atoms with Gasteiger partial charge in [0.05, 0.1) is 6.61 Å². The number of ether oxygens (including phenoxy) is 1. The van der Waals surface area contributed by atoms with Crippen LogP contribution in [0, 0.1) is 0 Å². The first kappa shape index (κ1) is 9.24. The van der Waals surface area contributed by atoms with Crippen molar-refractivity contribution in [1.82, 2.24) is 30.2 Å². The van der Waals surface area contributed by atoms with Gasteiger partial charge in [0, 0.05) is 0 Å². The third-order valence-corrected chi connectivity index (χ3v) is 1.56. The number of nitrogens with two attached hydrogens (primary N) is 1. The minimum atomic E-state index is -0.653. The summed E-state index contributed by atoms with van der Waals surface area (Å²) < 4.78 is 5.73. The van der Waals surface area contributed by atoms with Crippen molar-refractivity contribution in [1.29, 1.82) is 0 Å². The van der Waals surface area contributed by atoms with Crippen molar-refractivity contribution in [2.75, 3.05) is 12.3 Å². The van der Waals surface area contributed by atoms with Gasteiger partial charge in [-0.25, -0.2) is 4.79 Å². The average molecular weight is 210 g/mol. The molecule has 0 aromatic carbocycles. The van der Waals surface area contributed by atoms with Gasteiger partial charge in [0.2, 0.25) is 5.69 Å². The highest BCUT2D eigenvalue weighted by atomic mass is 16.5. The lowest BCUT2D eigenvalue weighted by molar-refractivity contribution is 0.0518. The molecule has 0 spiro atoms. The molecular formula is C6H7N7O2. The standard InChI is InChI=1S/C6H7N7O2/c1-2-15-5(14)3-4(7)8-6-9-11-12-13(6)10-3/h2H2,1H3,(H2,7,8,9,12)/i11+1. The molecule has 2 aromatic rings. The summed E-state index contributed by atoms with van der Waals surface area (Å²) in [5.41, 5.74) is 5.39. The molecule has 0 aliphatic heterocycles. The fourth-order valence-corrected chi connectivity index (χ4v) is 0.961. The number of fused-ring (bicyclic) bond motifs is 1. The molecule has 0 atom stereocenters. The van der Waals surface area contributed by atoms with E-state index in [-0.39, 0.29) is 23.9 Å². The van der Waals surface area contributed by atoms with Crippen LogP contribution in [-0.2, 0) is 4.74 Å². The molecule has 15 heavy (non-hydrogen) atoms. The maximum atomic E-state index is 11.3. The molecule has 0 bridgehead atoms. The SMILES string of the molecule is CCOC(=O)c1nn2n[15n]nc2nc1N. The lowest BCUT2D eigenvalue weighted by Gasteiger charge is -2.02. The van der Waals surface area contributed by atoms with Crippen LogP contribution >= 0.6 is 0 Å². The van der Waals surface area contributed by atoms with Gasteiger partial charge in [-0.1, -0.05) is 9.73 Å². The van der Waals surface area contributed by atoms with Crippen molar-refractivity contribution < 1.29 is 9.53 Å². The molecule has 0 aliphatic carbocycles. The van der Waals surface area contributed by atoms with E-state index in [1.807, 2.05) is 0 Å². The number of hydrogen-bond acceptors (Lipinski definition) is 8. The quantitative estimate of drug-likeness (QED) is 0.605. The highest BCUT2D eigenvalue weighted by Gasteiger charge is 2.16. The first-order valence-corrected chi connectivity index (χ1v) is 4.11. The maximum Gasteiger partial charge on any atom is 0.362 e. The summed E-state index contributed by atoms with van der Waals surface area (Å²) in [6.07, 6.45) is 0. The number of anilines is 1. The normalized spacial score (nSPS) is 10.5. The van der Waals surface area contributed by atoms with Crippen molar-refractivity contribution >= 4 is 17.6 Å². The summed E-state index contributed by atoms with van der Waals surface area (Å²) in [5, 5.41) is 14.1. The summed E-state index contributed by atoms with van der Waals surface area (Å²) in [5.74, 6) is -0.587. The molecule has 0 aliphatic rings. The van der Waals surface area contributed by atoms with E-state index in [0.717, 1.165) is 4.63 Å². The van der Waals surface area contributed by atoms with E-state index in [1.54, 1.807) is 6.92 Å². The molecule has 0 unspecified atom stereocenters. The predicted octanol–water partition coefficient (Wildman–Crippen LogP) is -1.33. The van der Waals surface area contributed by atoms with E-state index in [4.69, 9.17) is 10.5 Å². The lowest BCUT2D eigenvalue weighted by Crippen LogP contribution is -2.15. The van der Waals surface area contributed by atoms with Crippen LogP contribution in [0.2, 0.25) is 0 Å². The topological polar surface area (TPSA) is 121 Å². The van der Waals surface area contributed by atoms with Gasteiger partial charge < -0.3 is 10.5 Å². The Kier molecular flexibility index (Phi) is 2.12. The highest BCUT2D eigenvalue weighted by molar-refractivity contribution is 5.91. The first-order valence-electron chi connectivity index (χ1n) is 4.11. The minimum absolute atomic E-state index is 0.0595. The largest absolute Gasteiger partial charge is 0.461 e. The molecule has 2 N–H and O–H groups in total. The fraction of sp³-hybridized carbons (Fsp3) is 0.333. The van der Waals surface area contributed by atoms with Gasteiger partial charge >= 0.3 is 5.97 Å². The summed E-state index contributed by atoms with van der Waals surface area (Å²) in [7, 11) is 0. The van der Waals surface area contributed by atoms with Crippen LogP contribution in [0.4, 0.5) is 5.82 Å². The summed E-state index contributed by atoms with van der Waals surface area (Å²) in [4.78, 5) is 15.1. The molecule has 0 amide bonds. The molecule has 2 heterocycles. The van der Waals surface area contributed by atoms with Gasteiger partial charge in [0.1, 0.15) is 0 Å². The van der Waals surface area contributed by atoms with E-state index < -0.39 is 5.97 Å². The van der Waals surface area contributed by atoms with Gasteiger partial charge in [0.15, 0.2) is 5.82 Å². The number of tetrazole rings is 1. The van der Waals surface area contributed by atoms with Gasteiger partial charge in [-0.15, -0.1) is 5.10 Å². The number of esters is 1. The van der Waals surface area contributed by atoms with Crippen molar-refractivity contribution in [3.8, 4) is 0 Å². The van der Waals surface area contributed by atoms with Crippen molar-refractivity contribution in [3.63, 3.8) is 0 Å². The number of aromatic nitrogens is 6. The van der Waals surface area contributed by atoms with E-state index in [2.05, 4.69) is 25.6 Å². The molecule has 78 valence electrons. The maximum absolute atomic E-state index is 11.3. The van der Waals surface area contributed by atoms with Crippen LogP contribution < -0.4 is 5.73 Å². The van der Waals surface area contributed by atoms with E-state index >= 15 is 0 Å². The van der Waals surface area contributed by atoms with Gasteiger partial charge in [-0.2, -0.15) is 4.98 Å². The Balaban J connectivity index is 2.50. The second-order valence-corrected chi connectivity index (χ2v) is 2.53. The number of carbonyl (C=O) groups is 1. The van der Waals surface area contributed by atoms with Crippen LogP contribution in [0.25, 0.3) is 5.78 Å². The summed E-state index contributed by atoms with van der Waals surface area (Å²) in [6.45, 7) is 1.91. The van der Waals surface area contributed by atoms with Crippen molar-refractivity contribution in [3.05, 3.63) is 5.69 Å². The van der Waals surface area contributed by atoms with E-state index in [0.29, 0.717) is 0 Å². The number of nitrogens with zero attached hydrogens (tertiary/aromatic N) is 6. The molecule has 2 rings (SSSR count). The monoisotopic (exact) mass is 210 g/mol. The Morgan fingerprint density at radius 2 is 2.40 bits per heavy atom. The number of rotatable bonds is 2. The van der Waals surface area contributed by atoms with Crippen molar-refractivity contribution in [2.24, 2.45) is 0 Å². The second kappa shape index (κ2) is 3.44. The molecule has 0 saturated carbocycles. The average Bonchev–Trinajstić information content (AvgIpc) is 2.63. The Labute approximate surface area is 83.2 Å². The third-order valence-electron chi connectivity index (χ3n) is 1.56. The number of nitrogen functional groups attached to an aromatic ring is 1. The highest BCUT2D eigenvalue weighted by Crippen LogP contribution is 2.06. The third kappa shape index (κ3) is 1.54. The minimum Gasteiger partial charge on any atom is -0.461 e. The molecule has 2 aromatic heterocycles. The van der Waals surface area contributed by atoms with E-state index in [9.17, 15) is 4.79 Å². The van der Waals surface area contributed by atoms with Crippen LogP contribution in [-0.4, -0.2) is 42.8 Å². The van der Waals surface area contributed by atoms with Crippen LogP contribution in [0.5, 0.6) is 0 Å². The molecule has 9 heteroatoms. The first-order chi connectivity index (χ1) is 7.22. The van der Waals surface area contributed by atoms with Gasteiger partial charge in [0.25, 0.3) is 5.78 Å². The van der Waals surface area contributed by atoms with Crippen LogP contribution in [0.1, 0.15) is 17.4 Å². The fourth-order valence-electron chi connectivity index (χ4n) is 0.961. The molecule has 9 nitrogen and oxygen atoms in total. The van der Waals surface area contributed by atoms with Gasteiger partial charge in [-0.05, 0) is 17.4 Å². The lowest BCUT2D eigenvalue weighted by atomic mass is 10.4. The zero-order valence-electron chi connectivity index (χ0n) is 7.78. The number of hydrogen-bond donors (Lipinski definition) is 1. The van der Waals surface area contributed by atoms with Crippen LogP contribution in [0.3, 0.4) is 0 Å². The van der Waals surface area contributed by atoms with Gasteiger partial charge in [-0.3, -0.25) is 0 Å². The molecule has 0 fully saturated rings. The van der Waals surface area contributed by atoms with E-state index in [1.165, 1.54) is 0 Å². The molecule has 0 radical (unpaired) electrons. The smallest absolute Gasteiger partial charge is 0.362 e.